The van der Waals surface area contributed by atoms with Gasteiger partial charge in [0.05, 0.1) is 12.2 Å². The van der Waals surface area contributed by atoms with Crippen molar-refractivity contribution in [3.05, 3.63) is 11.8 Å². The summed E-state index contributed by atoms with van der Waals surface area (Å²) in [6, 6.07) is 1.79. The van der Waals surface area contributed by atoms with Crippen LogP contribution in [-0.4, -0.2) is 33.8 Å². The van der Waals surface area contributed by atoms with E-state index in [1.54, 1.807) is 6.07 Å². The minimum Gasteiger partial charge on any atom is -0.478 e. The van der Waals surface area contributed by atoms with Crippen LogP contribution in [0.25, 0.3) is 0 Å². The normalized spacial score (nSPS) is 11.4. The van der Waals surface area contributed by atoms with Gasteiger partial charge in [-0.3, -0.25) is 0 Å². The predicted molar refractivity (Wildman–Crippen MR) is 72.0 cm³/mol. The predicted octanol–water partition coefficient (Wildman–Crippen LogP) is 2.15. The fourth-order valence-electron chi connectivity index (χ4n) is 1.58. The zero-order valence-electron chi connectivity index (χ0n) is 11.7. The molecule has 2 N–H and O–H groups in total. The molecule has 5 heteroatoms. The Labute approximate surface area is 109 Å². The molecule has 0 fully saturated rings. The second-order valence-corrected chi connectivity index (χ2v) is 4.39. The largest absolute Gasteiger partial charge is 0.478 e. The van der Waals surface area contributed by atoms with Crippen LogP contribution in [0.15, 0.2) is 6.07 Å². The Morgan fingerprint density at radius 1 is 1.28 bits per heavy atom. The molecule has 1 heterocycles. The molecule has 0 saturated heterocycles. The number of hydrogen-bond donors (Lipinski definition) is 2. The first-order valence-corrected chi connectivity index (χ1v) is 6.47. The summed E-state index contributed by atoms with van der Waals surface area (Å²) in [5, 5.41) is 13.3. The Kier molecular flexibility index (Phi) is 5.34. The lowest BCUT2D eigenvalue weighted by molar-refractivity contribution is 0.0455. The quantitative estimate of drug-likeness (QED) is 0.779. The van der Waals surface area contributed by atoms with E-state index in [0.717, 1.165) is 5.69 Å². The maximum atomic E-state index is 10.2. The zero-order valence-corrected chi connectivity index (χ0v) is 11.7. The van der Waals surface area contributed by atoms with E-state index in [-0.39, 0.29) is 0 Å². The van der Waals surface area contributed by atoms with Crippen molar-refractivity contribution in [1.82, 2.24) is 9.97 Å². The third-order valence-electron chi connectivity index (χ3n) is 3.01. The monoisotopic (exact) mass is 253 g/mol. The van der Waals surface area contributed by atoms with Crippen LogP contribution in [0.4, 0.5) is 5.95 Å². The molecular weight excluding hydrogens is 230 g/mol. The van der Waals surface area contributed by atoms with Crippen LogP contribution in [0.2, 0.25) is 0 Å². The van der Waals surface area contributed by atoms with E-state index in [0.29, 0.717) is 37.8 Å². The number of hydrogen-bond acceptors (Lipinski definition) is 5. The van der Waals surface area contributed by atoms with E-state index in [9.17, 15) is 5.11 Å². The summed E-state index contributed by atoms with van der Waals surface area (Å²) in [6.45, 7) is 8.75. The van der Waals surface area contributed by atoms with Crippen molar-refractivity contribution in [3.8, 4) is 5.88 Å². The molecule has 0 unspecified atom stereocenters. The van der Waals surface area contributed by atoms with Crippen molar-refractivity contribution in [2.75, 3.05) is 18.5 Å². The average Bonchev–Trinajstić information content (AvgIpc) is 2.36. The van der Waals surface area contributed by atoms with Crippen LogP contribution in [-0.2, 0) is 0 Å². The molecule has 18 heavy (non-hydrogen) atoms. The zero-order chi connectivity index (χ0) is 13.6. The molecule has 1 rings (SSSR count). The summed E-state index contributed by atoms with van der Waals surface area (Å²) in [5.74, 6) is 1.06. The third-order valence-corrected chi connectivity index (χ3v) is 3.01. The van der Waals surface area contributed by atoms with Crippen molar-refractivity contribution in [3.63, 3.8) is 0 Å². The number of aliphatic hydroxyl groups is 1. The van der Waals surface area contributed by atoms with Gasteiger partial charge in [0, 0.05) is 18.3 Å². The van der Waals surface area contributed by atoms with Crippen LogP contribution in [0.5, 0.6) is 5.88 Å². The van der Waals surface area contributed by atoms with E-state index in [1.807, 2.05) is 27.7 Å². The van der Waals surface area contributed by atoms with Crippen molar-refractivity contribution in [1.29, 1.82) is 0 Å². The molecule has 0 aromatic carbocycles. The molecule has 0 aliphatic heterocycles. The van der Waals surface area contributed by atoms with E-state index in [2.05, 4.69) is 15.3 Å². The van der Waals surface area contributed by atoms with Crippen molar-refractivity contribution >= 4 is 5.95 Å². The Balaban J connectivity index is 2.72. The Morgan fingerprint density at radius 3 is 2.50 bits per heavy atom. The fourth-order valence-corrected chi connectivity index (χ4v) is 1.58. The Hall–Kier alpha value is -1.36. The summed E-state index contributed by atoms with van der Waals surface area (Å²) in [4.78, 5) is 8.51. The summed E-state index contributed by atoms with van der Waals surface area (Å²) < 4.78 is 5.36. The molecule has 0 amide bonds. The summed E-state index contributed by atoms with van der Waals surface area (Å²) in [5.41, 5.74) is 0.131. The SMILES string of the molecule is CCOc1cc(C)nc(NCC(O)(CC)CC)n1. The lowest BCUT2D eigenvalue weighted by Gasteiger charge is -2.25. The smallest absolute Gasteiger partial charge is 0.226 e. The highest BCUT2D eigenvalue weighted by Gasteiger charge is 2.22. The molecule has 0 atom stereocenters. The standard InChI is InChI=1S/C13H23N3O2/c1-5-13(17,6-2)9-14-12-15-10(4)8-11(16-12)18-7-3/h8,17H,5-7,9H2,1-4H3,(H,14,15,16). The van der Waals surface area contributed by atoms with Crippen molar-refractivity contribution in [2.24, 2.45) is 0 Å². The van der Waals surface area contributed by atoms with Crippen LogP contribution in [0, 0.1) is 6.92 Å². The van der Waals surface area contributed by atoms with Crippen LogP contribution in [0.3, 0.4) is 0 Å². The van der Waals surface area contributed by atoms with Gasteiger partial charge in [-0.1, -0.05) is 13.8 Å². The van der Waals surface area contributed by atoms with Gasteiger partial charge in [0.15, 0.2) is 0 Å². The highest BCUT2D eigenvalue weighted by molar-refractivity contribution is 5.31. The highest BCUT2D eigenvalue weighted by atomic mass is 16.5. The fraction of sp³-hybridized carbons (Fsp3) is 0.692. The summed E-state index contributed by atoms with van der Waals surface area (Å²) in [7, 11) is 0. The number of anilines is 1. The van der Waals surface area contributed by atoms with E-state index >= 15 is 0 Å². The lowest BCUT2D eigenvalue weighted by atomic mass is 9.98. The molecule has 5 nitrogen and oxygen atoms in total. The number of aryl methyl sites for hydroxylation is 1. The van der Waals surface area contributed by atoms with Gasteiger partial charge in [-0.05, 0) is 26.7 Å². The van der Waals surface area contributed by atoms with Gasteiger partial charge in [0.1, 0.15) is 0 Å². The van der Waals surface area contributed by atoms with Gasteiger partial charge < -0.3 is 15.2 Å². The number of ether oxygens (including phenoxy) is 1. The van der Waals surface area contributed by atoms with Gasteiger partial charge >= 0.3 is 0 Å². The lowest BCUT2D eigenvalue weighted by Crippen LogP contribution is -2.35. The molecule has 0 aliphatic rings. The molecule has 1 aromatic heterocycles. The third kappa shape index (κ3) is 4.14. The second-order valence-electron chi connectivity index (χ2n) is 4.39. The summed E-state index contributed by atoms with van der Waals surface area (Å²) in [6.07, 6.45) is 1.39. The molecular formula is C13H23N3O2. The number of aromatic nitrogens is 2. The maximum absolute atomic E-state index is 10.2. The van der Waals surface area contributed by atoms with E-state index in [4.69, 9.17) is 4.74 Å². The highest BCUT2D eigenvalue weighted by Crippen LogP contribution is 2.16. The van der Waals surface area contributed by atoms with E-state index < -0.39 is 5.60 Å². The average molecular weight is 253 g/mol. The Morgan fingerprint density at radius 2 is 1.94 bits per heavy atom. The molecule has 1 aromatic rings. The minimum atomic E-state index is -0.709. The van der Waals surface area contributed by atoms with Crippen molar-refractivity contribution < 1.29 is 9.84 Å². The summed E-state index contributed by atoms with van der Waals surface area (Å²) >= 11 is 0. The number of rotatable bonds is 7. The van der Waals surface area contributed by atoms with Gasteiger partial charge in [-0.2, -0.15) is 4.98 Å². The first-order chi connectivity index (χ1) is 8.53. The first kappa shape index (κ1) is 14.7. The second kappa shape index (κ2) is 6.54. The maximum Gasteiger partial charge on any atom is 0.226 e. The molecule has 0 spiro atoms. The number of nitrogens with one attached hydrogen (secondary N) is 1. The van der Waals surface area contributed by atoms with Gasteiger partial charge in [0.2, 0.25) is 11.8 Å². The molecule has 0 saturated carbocycles. The minimum absolute atomic E-state index is 0.440. The van der Waals surface area contributed by atoms with Crippen LogP contribution >= 0.6 is 0 Å². The molecule has 0 aliphatic carbocycles. The first-order valence-electron chi connectivity index (χ1n) is 6.47. The van der Waals surface area contributed by atoms with Crippen molar-refractivity contribution in [2.45, 2.75) is 46.1 Å². The van der Waals surface area contributed by atoms with Gasteiger partial charge in [-0.25, -0.2) is 4.98 Å². The number of nitrogens with zero attached hydrogens (tertiary/aromatic N) is 2. The molecule has 102 valence electrons. The Bertz CT molecular complexity index is 378. The molecule has 0 radical (unpaired) electrons. The topological polar surface area (TPSA) is 67.3 Å². The van der Waals surface area contributed by atoms with Crippen LogP contribution in [0.1, 0.15) is 39.3 Å². The van der Waals surface area contributed by atoms with E-state index in [1.165, 1.54) is 0 Å². The molecule has 0 bridgehead atoms. The van der Waals surface area contributed by atoms with Crippen LogP contribution < -0.4 is 10.1 Å². The van der Waals surface area contributed by atoms with Gasteiger partial charge in [-0.15, -0.1) is 0 Å². The van der Waals surface area contributed by atoms with Gasteiger partial charge in [0.25, 0.3) is 0 Å².